The Labute approximate surface area is 127 Å². The second-order valence-corrected chi connectivity index (χ2v) is 5.08. The van der Waals surface area contributed by atoms with Crippen LogP contribution in [0.25, 0.3) is 10.9 Å². The molecule has 0 atom stereocenters. The highest BCUT2D eigenvalue weighted by Gasteiger charge is 2.13. The number of amides is 1. The number of hydrogen-bond acceptors (Lipinski definition) is 3. The molecule has 3 rings (SSSR count). The van der Waals surface area contributed by atoms with Gasteiger partial charge in [-0.1, -0.05) is 24.3 Å². The zero-order chi connectivity index (χ0) is 15.7. The molecule has 0 saturated heterocycles. The van der Waals surface area contributed by atoms with Gasteiger partial charge < -0.3 is 11.1 Å². The van der Waals surface area contributed by atoms with E-state index >= 15 is 0 Å². The number of nitrogens with two attached hydrogens (primary N) is 1. The molecule has 3 aromatic rings. The van der Waals surface area contributed by atoms with Crippen molar-refractivity contribution < 1.29 is 4.79 Å². The maximum absolute atomic E-state index is 12.5. The van der Waals surface area contributed by atoms with Crippen molar-refractivity contribution >= 4 is 28.3 Å². The minimum Gasteiger partial charge on any atom is -0.399 e. The fourth-order valence-corrected chi connectivity index (χ4v) is 2.36. The minimum absolute atomic E-state index is 0.355. The van der Waals surface area contributed by atoms with Gasteiger partial charge in [0.15, 0.2) is 0 Å². The Bertz CT molecular complexity index is 914. The number of para-hydroxylation sites is 1. The van der Waals surface area contributed by atoms with Crippen LogP contribution in [0.15, 0.2) is 59.4 Å². The smallest absolute Gasteiger partial charge is 0.333 e. The molecule has 0 spiro atoms. The number of nitrogens with one attached hydrogen (secondary N) is 1. The zero-order valence-corrected chi connectivity index (χ0v) is 12.0. The molecule has 0 saturated carbocycles. The van der Waals surface area contributed by atoms with E-state index in [1.807, 2.05) is 18.2 Å². The number of rotatable bonds is 1. The van der Waals surface area contributed by atoms with Gasteiger partial charge in [-0.05, 0) is 42.6 Å². The molecule has 0 aliphatic carbocycles. The maximum Gasteiger partial charge on any atom is 0.333 e. The number of aromatic nitrogens is 1. The van der Waals surface area contributed by atoms with Crippen molar-refractivity contribution in [1.82, 2.24) is 4.57 Å². The molecule has 5 nitrogen and oxygen atoms in total. The predicted octanol–water partition coefficient (Wildman–Crippen LogP) is 2.97. The highest BCUT2D eigenvalue weighted by atomic mass is 16.2. The molecule has 0 radical (unpaired) electrons. The molecule has 110 valence electrons. The van der Waals surface area contributed by atoms with E-state index in [4.69, 9.17) is 5.73 Å². The monoisotopic (exact) mass is 293 g/mol. The lowest BCUT2D eigenvalue weighted by Crippen LogP contribution is -2.32. The van der Waals surface area contributed by atoms with Gasteiger partial charge in [-0.2, -0.15) is 0 Å². The summed E-state index contributed by atoms with van der Waals surface area (Å²) in [5.41, 5.74) is 7.54. The average Bonchev–Trinajstić information content (AvgIpc) is 2.50. The summed E-state index contributed by atoms with van der Waals surface area (Å²) in [6.07, 6.45) is 0. The van der Waals surface area contributed by atoms with Crippen molar-refractivity contribution in [3.8, 4) is 0 Å². The van der Waals surface area contributed by atoms with E-state index in [9.17, 15) is 9.59 Å². The predicted molar refractivity (Wildman–Crippen MR) is 88.2 cm³/mol. The second kappa shape index (κ2) is 5.37. The number of nitrogens with zero attached hydrogens (tertiary/aromatic N) is 1. The number of pyridine rings is 1. The lowest BCUT2D eigenvalue weighted by Gasteiger charge is -2.12. The van der Waals surface area contributed by atoms with E-state index in [-0.39, 0.29) is 5.56 Å². The second-order valence-electron chi connectivity index (χ2n) is 5.08. The molecule has 1 aromatic heterocycles. The van der Waals surface area contributed by atoms with E-state index < -0.39 is 6.03 Å². The van der Waals surface area contributed by atoms with Crippen molar-refractivity contribution in [2.45, 2.75) is 6.92 Å². The number of hydrogen-bond donors (Lipinski definition) is 2. The summed E-state index contributed by atoms with van der Waals surface area (Å²) >= 11 is 0. The van der Waals surface area contributed by atoms with Gasteiger partial charge in [0.25, 0.3) is 5.56 Å². The minimum atomic E-state index is -0.504. The van der Waals surface area contributed by atoms with Crippen molar-refractivity contribution in [2.24, 2.45) is 0 Å². The zero-order valence-electron chi connectivity index (χ0n) is 12.0. The molecular formula is C17H15N3O2. The Hall–Kier alpha value is -3.08. The van der Waals surface area contributed by atoms with E-state index in [1.165, 1.54) is 0 Å². The van der Waals surface area contributed by atoms with Gasteiger partial charge in [-0.25, -0.2) is 9.36 Å². The highest BCUT2D eigenvalue weighted by Crippen LogP contribution is 2.17. The first-order valence-corrected chi connectivity index (χ1v) is 6.84. The number of benzene rings is 2. The Morgan fingerprint density at radius 2 is 1.82 bits per heavy atom. The van der Waals surface area contributed by atoms with Gasteiger partial charge in [0, 0.05) is 16.9 Å². The van der Waals surface area contributed by atoms with Crippen LogP contribution in [0, 0.1) is 6.92 Å². The molecule has 0 fully saturated rings. The summed E-state index contributed by atoms with van der Waals surface area (Å²) in [7, 11) is 0. The summed E-state index contributed by atoms with van der Waals surface area (Å²) in [5.74, 6) is 0. The normalized spacial score (nSPS) is 10.6. The largest absolute Gasteiger partial charge is 0.399 e. The number of anilines is 2. The van der Waals surface area contributed by atoms with Gasteiger partial charge in [-0.15, -0.1) is 0 Å². The van der Waals surface area contributed by atoms with Crippen LogP contribution in [-0.2, 0) is 0 Å². The molecule has 1 amide bonds. The number of nitrogen functional groups attached to an aromatic ring is 1. The lowest BCUT2D eigenvalue weighted by molar-refractivity contribution is 0.253. The quantitative estimate of drug-likeness (QED) is 0.677. The van der Waals surface area contributed by atoms with Crippen LogP contribution in [0.1, 0.15) is 5.56 Å². The molecule has 5 heteroatoms. The standard InChI is InChI=1S/C17H15N3O2/c1-11-9-12-7-8-13(18)10-15(12)20(16(11)21)17(22)19-14-5-3-2-4-6-14/h2-10H,18H2,1H3,(H,19,22). The van der Waals surface area contributed by atoms with Gasteiger partial charge in [0.1, 0.15) is 0 Å². The number of carbonyl (C=O) groups excluding carboxylic acids is 1. The summed E-state index contributed by atoms with van der Waals surface area (Å²) in [5, 5.41) is 3.51. The van der Waals surface area contributed by atoms with Gasteiger partial charge in [0.05, 0.1) is 5.52 Å². The van der Waals surface area contributed by atoms with Crippen LogP contribution in [0.4, 0.5) is 16.2 Å². The summed E-state index contributed by atoms with van der Waals surface area (Å²) in [6.45, 7) is 1.68. The van der Waals surface area contributed by atoms with Crippen molar-refractivity contribution in [1.29, 1.82) is 0 Å². The Kier molecular flexibility index (Phi) is 3.39. The molecule has 22 heavy (non-hydrogen) atoms. The van der Waals surface area contributed by atoms with Crippen molar-refractivity contribution in [3.05, 3.63) is 70.5 Å². The summed E-state index contributed by atoms with van der Waals surface area (Å²) < 4.78 is 1.12. The van der Waals surface area contributed by atoms with Gasteiger partial charge in [0.2, 0.25) is 0 Å². The summed E-state index contributed by atoms with van der Waals surface area (Å²) in [4.78, 5) is 24.9. The molecule has 0 unspecified atom stereocenters. The Morgan fingerprint density at radius 3 is 2.55 bits per heavy atom. The van der Waals surface area contributed by atoms with E-state index in [0.717, 1.165) is 9.95 Å². The highest BCUT2D eigenvalue weighted by molar-refractivity contribution is 5.98. The first kappa shape index (κ1) is 13.9. The third-order valence-electron chi connectivity index (χ3n) is 3.44. The number of aryl methyl sites for hydroxylation is 1. The molecule has 0 aliphatic heterocycles. The van der Waals surface area contributed by atoms with Crippen LogP contribution in [0.2, 0.25) is 0 Å². The number of fused-ring (bicyclic) bond motifs is 1. The van der Waals surface area contributed by atoms with Crippen molar-refractivity contribution in [2.75, 3.05) is 11.1 Å². The fraction of sp³-hybridized carbons (Fsp3) is 0.0588. The van der Waals surface area contributed by atoms with Crippen LogP contribution in [0.3, 0.4) is 0 Å². The molecule has 3 N–H and O–H groups in total. The first-order chi connectivity index (χ1) is 10.6. The van der Waals surface area contributed by atoms with Crippen molar-refractivity contribution in [3.63, 3.8) is 0 Å². The molecule has 1 heterocycles. The lowest BCUT2D eigenvalue weighted by atomic mass is 10.1. The van der Waals surface area contributed by atoms with E-state index in [2.05, 4.69) is 5.32 Å². The summed E-state index contributed by atoms with van der Waals surface area (Å²) in [6, 6.07) is 15.4. The Balaban J connectivity index is 2.16. The molecule has 2 aromatic carbocycles. The van der Waals surface area contributed by atoms with E-state index in [1.54, 1.807) is 43.3 Å². The fourth-order valence-electron chi connectivity index (χ4n) is 2.36. The van der Waals surface area contributed by atoms with Gasteiger partial charge in [-0.3, -0.25) is 4.79 Å². The molecular weight excluding hydrogens is 278 g/mol. The van der Waals surface area contributed by atoms with Crippen LogP contribution >= 0.6 is 0 Å². The van der Waals surface area contributed by atoms with Crippen LogP contribution in [-0.4, -0.2) is 10.6 Å². The average molecular weight is 293 g/mol. The van der Waals surface area contributed by atoms with E-state index in [0.29, 0.717) is 22.5 Å². The van der Waals surface area contributed by atoms with Gasteiger partial charge >= 0.3 is 6.03 Å². The Morgan fingerprint density at radius 1 is 1.09 bits per heavy atom. The number of carbonyl (C=O) groups is 1. The molecule has 0 bridgehead atoms. The first-order valence-electron chi connectivity index (χ1n) is 6.84. The third-order valence-corrected chi connectivity index (χ3v) is 3.44. The maximum atomic E-state index is 12.5. The topological polar surface area (TPSA) is 77.1 Å². The SMILES string of the molecule is Cc1cc2ccc(N)cc2n(C(=O)Nc2ccccc2)c1=O. The van der Waals surface area contributed by atoms with Crippen LogP contribution < -0.4 is 16.6 Å². The molecule has 0 aliphatic rings. The third kappa shape index (κ3) is 2.44. The van der Waals surface area contributed by atoms with Crippen LogP contribution in [0.5, 0.6) is 0 Å².